The third kappa shape index (κ3) is 6.12. The molecule has 0 amide bonds. The average molecular weight is 666 g/mol. The molecule has 0 atom stereocenters. The third-order valence-electron chi connectivity index (χ3n) is 9.21. The fourth-order valence-corrected chi connectivity index (χ4v) is 6.69. The fraction of sp³-hybridized carbons (Fsp3) is 0. The van der Waals surface area contributed by atoms with Crippen molar-refractivity contribution in [3.05, 3.63) is 188 Å². The Morgan fingerprint density at radius 3 is 1.37 bits per heavy atom. The molecule has 52 heavy (non-hydrogen) atoms. The number of hydrogen-bond donors (Lipinski definition) is 0. The first-order chi connectivity index (χ1) is 25.8. The SMILES string of the molecule is c1ccc(-c2cc(-c3cccc(-c4ccc(-c5cc(-c6ccccn6)nc(-c6ccccn6)c5)c5ccccc45)c3)nc(-c3ccccc3)n2)cc1. The Balaban J connectivity index is 1.17. The average Bonchev–Trinajstić information content (AvgIpc) is 3.24. The van der Waals surface area contributed by atoms with Crippen molar-refractivity contribution in [2.24, 2.45) is 0 Å². The lowest BCUT2D eigenvalue weighted by Gasteiger charge is -2.15. The van der Waals surface area contributed by atoms with Crippen LogP contribution < -0.4 is 0 Å². The molecule has 0 bridgehead atoms. The normalized spacial score (nSPS) is 11.1. The molecule has 0 saturated carbocycles. The first-order valence-electron chi connectivity index (χ1n) is 17.2. The minimum absolute atomic E-state index is 0.699. The summed E-state index contributed by atoms with van der Waals surface area (Å²) in [4.78, 5) is 24.3. The van der Waals surface area contributed by atoms with E-state index < -0.39 is 0 Å². The second-order valence-corrected chi connectivity index (χ2v) is 12.5. The van der Waals surface area contributed by atoms with E-state index >= 15 is 0 Å². The van der Waals surface area contributed by atoms with Gasteiger partial charge in [-0.25, -0.2) is 15.0 Å². The summed E-state index contributed by atoms with van der Waals surface area (Å²) in [7, 11) is 0. The van der Waals surface area contributed by atoms with Crippen molar-refractivity contribution >= 4 is 10.8 Å². The number of pyridine rings is 3. The lowest BCUT2D eigenvalue weighted by Crippen LogP contribution is -1.96. The maximum Gasteiger partial charge on any atom is 0.160 e. The largest absolute Gasteiger partial charge is 0.255 e. The molecule has 0 radical (unpaired) electrons. The van der Waals surface area contributed by atoms with Gasteiger partial charge in [0.25, 0.3) is 0 Å². The van der Waals surface area contributed by atoms with Gasteiger partial charge in [0.1, 0.15) is 0 Å². The Bertz CT molecular complexity index is 2550. The van der Waals surface area contributed by atoms with Crippen molar-refractivity contribution in [2.75, 3.05) is 0 Å². The molecule has 0 saturated heterocycles. The summed E-state index contributed by atoms with van der Waals surface area (Å²) < 4.78 is 0. The Hall–Kier alpha value is -7.11. The summed E-state index contributed by atoms with van der Waals surface area (Å²) in [6.07, 6.45) is 3.60. The number of rotatable bonds is 7. The lowest BCUT2D eigenvalue weighted by atomic mass is 9.91. The van der Waals surface area contributed by atoms with E-state index in [1.807, 2.05) is 72.8 Å². The van der Waals surface area contributed by atoms with E-state index in [1.165, 1.54) is 0 Å². The zero-order valence-electron chi connectivity index (χ0n) is 28.1. The molecule has 244 valence electrons. The Labute approximate surface area is 302 Å². The number of fused-ring (bicyclic) bond motifs is 1. The molecule has 0 aliphatic rings. The summed E-state index contributed by atoms with van der Waals surface area (Å²) in [6.45, 7) is 0. The van der Waals surface area contributed by atoms with Gasteiger partial charge in [-0.2, -0.15) is 0 Å². The molecule has 5 aromatic carbocycles. The van der Waals surface area contributed by atoms with Crippen LogP contribution >= 0.6 is 0 Å². The summed E-state index contributed by atoms with van der Waals surface area (Å²) in [6, 6.07) is 60.3. The topological polar surface area (TPSA) is 64.5 Å². The quantitative estimate of drug-likeness (QED) is 0.169. The second kappa shape index (κ2) is 13.7. The van der Waals surface area contributed by atoms with E-state index in [2.05, 4.69) is 113 Å². The molecule has 9 aromatic rings. The molecule has 5 nitrogen and oxygen atoms in total. The van der Waals surface area contributed by atoms with E-state index in [-0.39, 0.29) is 0 Å². The third-order valence-corrected chi connectivity index (χ3v) is 9.21. The Morgan fingerprint density at radius 2 is 0.769 bits per heavy atom. The standard InChI is InChI=1S/C47H31N5/c1-3-14-32(15-4-1)43-31-44(52-47(51-43)33-16-5-2-6-17-33)35-19-13-18-34(28-35)37-24-25-38(40-21-8-7-20-39(37)40)36-29-45(41-22-9-11-26-48-41)50-46(30-36)42-23-10-12-27-49-42/h1-31H. The number of benzene rings is 5. The van der Waals surface area contributed by atoms with Crippen LogP contribution in [-0.4, -0.2) is 24.9 Å². The second-order valence-electron chi connectivity index (χ2n) is 12.5. The van der Waals surface area contributed by atoms with Gasteiger partial charge in [-0.3, -0.25) is 9.97 Å². The summed E-state index contributed by atoms with van der Waals surface area (Å²) in [5.41, 5.74) is 12.5. The van der Waals surface area contributed by atoms with Crippen LogP contribution in [0.3, 0.4) is 0 Å². The Morgan fingerprint density at radius 1 is 0.269 bits per heavy atom. The molecule has 0 spiro atoms. The predicted molar refractivity (Wildman–Crippen MR) is 211 cm³/mol. The van der Waals surface area contributed by atoms with Crippen molar-refractivity contribution in [3.8, 4) is 78.9 Å². The van der Waals surface area contributed by atoms with Crippen molar-refractivity contribution in [3.63, 3.8) is 0 Å². The highest BCUT2D eigenvalue weighted by Crippen LogP contribution is 2.39. The van der Waals surface area contributed by atoms with Crippen molar-refractivity contribution in [1.29, 1.82) is 0 Å². The van der Waals surface area contributed by atoms with Gasteiger partial charge in [-0.15, -0.1) is 0 Å². The predicted octanol–water partition coefficient (Wildman–Crippen LogP) is 11.5. The minimum Gasteiger partial charge on any atom is -0.255 e. The zero-order valence-corrected chi connectivity index (χ0v) is 28.1. The van der Waals surface area contributed by atoms with Crippen molar-refractivity contribution in [1.82, 2.24) is 24.9 Å². The van der Waals surface area contributed by atoms with Crippen LogP contribution in [0.15, 0.2) is 188 Å². The summed E-state index contributed by atoms with van der Waals surface area (Å²) in [5.74, 6) is 0.699. The molecule has 9 rings (SSSR count). The molecular weight excluding hydrogens is 635 g/mol. The van der Waals surface area contributed by atoms with Gasteiger partial charge in [0.15, 0.2) is 5.82 Å². The maximum absolute atomic E-state index is 5.09. The highest BCUT2D eigenvalue weighted by molar-refractivity contribution is 6.05. The van der Waals surface area contributed by atoms with E-state index in [0.29, 0.717) is 5.82 Å². The molecule has 4 aromatic heterocycles. The van der Waals surface area contributed by atoms with Gasteiger partial charge in [0, 0.05) is 29.1 Å². The highest BCUT2D eigenvalue weighted by atomic mass is 14.9. The van der Waals surface area contributed by atoms with Crippen LogP contribution in [0, 0.1) is 0 Å². The van der Waals surface area contributed by atoms with E-state index in [0.717, 1.165) is 83.9 Å². The molecule has 4 heterocycles. The number of aromatic nitrogens is 5. The lowest BCUT2D eigenvalue weighted by molar-refractivity contribution is 1.18. The van der Waals surface area contributed by atoms with Gasteiger partial charge in [-0.1, -0.05) is 127 Å². The molecule has 0 fully saturated rings. The van der Waals surface area contributed by atoms with Crippen LogP contribution in [0.4, 0.5) is 0 Å². The zero-order chi connectivity index (χ0) is 34.7. The van der Waals surface area contributed by atoms with Crippen LogP contribution in [0.25, 0.3) is 89.7 Å². The van der Waals surface area contributed by atoms with Crippen molar-refractivity contribution in [2.45, 2.75) is 0 Å². The molecule has 0 aliphatic carbocycles. The van der Waals surface area contributed by atoms with Gasteiger partial charge in [-0.05, 0) is 81.6 Å². The minimum atomic E-state index is 0.699. The van der Waals surface area contributed by atoms with E-state index in [4.69, 9.17) is 15.0 Å². The smallest absolute Gasteiger partial charge is 0.160 e. The van der Waals surface area contributed by atoms with Gasteiger partial charge >= 0.3 is 0 Å². The first-order valence-corrected chi connectivity index (χ1v) is 17.2. The number of hydrogen-bond acceptors (Lipinski definition) is 5. The highest BCUT2D eigenvalue weighted by Gasteiger charge is 2.16. The molecule has 0 N–H and O–H groups in total. The molecular formula is C47H31N5. The van der Waals surface area contributed by atoms with Crippen LogP contribution in [0.1, 0.15) is 0 Å². The monoisotopic (exact) mass is 665 g/mol. The van der Waals surface area contributed by atoms with Crippen LogP contribution in [-0.2, 0) is 0 Å². The fourth-order valence-electron chi connectivity index (χ4n) is 6.69. The van der Waals surface area contributed by atoms with Crippen molar-refractivity contribution < 1.29 is 0 Å². The number of nitrogens with zero attached hydrogens (tertiary/aromatic N) is 5. The summed E-state index contributed by atoms with van der Waals surface area (Å²) in [5, 5.41) is 2.31. The van der Waals surface area contributed by atoms with Gasteiger partial charge < -0.3 is 0 Å². The summed E-state index contributed by atoms with van der Waals surface area (Å²) >= 11 is 0. The molecule has 0 aliphatic heterocycles. The van der Waals surface area contributed by atoms with E-state index in [9.17, 15) is 0 Å². The van der Waals surface area contributed by atoms with Gasteiger partial charge in [0.2, 0.25) is 0 Å². The first kappa shape index (κ1) is 30.9. The Kier molecular flexibility index (Phi) is 8.12. The van der Waals surface area contributed by atoms with Crippen LogP contribution in [0.2, 0.25) is 0 Å². The maximum atomic E-state index is 5.09. The molecule has 5 heteroatoms. The van der Waals surface area contributed by atoms with Crippen LogP contribution in [0.5, 0.6) is 0 Å². The molecule has 0 unspecified atom stereocenters. The van der Waals surface area contributed by atoms with Gasteiger partial charge in [0.05, 0.1) is 34.2 Å². The van der Waals surface area contributed by atoms with E-state index in [1.54, 1.807) is 12.4 Å².